The van der Waals surface area contributed by atoms with Gasteiger partial charge in [0.05, 0.1) is 20.1 Å². The molecule has 0 spiro atoms. The van der Waals surface area contributed by atoms with Crippen molar-refractivity contribution in [3.8, 4) is 5.75 Å². The van der Waals surface area contributed by atoms with Crippen molar-refractivity contribution in [3.05, 3.63) is 60.9 Å². The molecule has 2 rings (SSSR count). The Morgan fingerprint density at radius 1 is 0.857 bits per heavy atom. The molecular formula is C18H9Br3F6O7S. The molecule has 2 aromatic carbocycles. The van der Waals surface area contributed by atoms with E-state index in [9.17, 15) is 44.3 Å². The van der Waals surface area contributed by atoms with Crippen molar-refractivity contribution in [3.63, 3.8) is 0 Å². The highest BCUT2D eigenvalue weighted by atomic mass is 79.9. The van der Waals surface area contributed by atoms with Crippen molar-refractivity contribution < 1.29 is 58.4 Å². The molecule has 2 aromatic rings. The predicted octanol–water partition coefficient (Wildman–Crippen LogP) is 6.10. The molecule has 0 bridgehead atoms. The Bertz CT molecular complexity index is 1220. The Morgan fingerprint density at radius 3 is 1.69 bits per heavy atom. The number of esters is 2. The summed E-state index contributed by atoms with van der Waals surface area (Å²) in [5.41, 5.74) is -7.54. The molecule has 0 atom stereocenters. The molecule has 0 aliphatic rings. The summed E-state index contributed by atoms with van der Waals surface area (Å²) >= 11 is 9.36. The van der Waals surface area contributed by atoms with Crippen LogP contribution in [0.25, 0.3) is 0 Å². The number of carbonyl (C=O) groups is 2. The van der Waals surface area contributed by atoms with Crippen LogP contribution in [0.2, 0.25) is 0 Å². The fourth-order valence-electron chi connectivity index (χ4n) is 2.55. The van der Waals surface area contributed by atoms with E-state index in [4.69, 9.17) is 9.29 Å². The van der Waals surface area contributed by atoms with Crippen molar-refractivity contribution in [2.45, 2.75) is 18.0 Å². The van der Waals surface area contributed by atoms with Gasteiger partial charge in [-0.05, 0) is 56.1 Å². The molecule has 0 aliphatic heterocycles. The summed E-state index contributed by atoms with van der Waals surface area (Å²) in [6.07, 6.45) is -13.1. The van der Waals surface area contributed by atoms with Crippen molar-refractivity contribution >= 4 is 69.8 Å². The Morgan fingerprint density at radius 2 is 1.29 bits per heavy atom. The smallest absolute Gasteiger partial charge is 0.435 e. The van der Waals surface area contributed by atoms with Crippen LogP contribution in [-0.4, -0.2) is 48.6 Å². The van der Waals surface area contributed by atoms with Crippen LogP contribution in [0.5, 0.6) is 5.75 Å². The zero-order valence-corrected chi connectivity index (χ0v) is 22.0. The molecular weight excluding hydrogens is 714 g/mol. The molecule has 0 fully saturated rings. The van der Waals surface area contributed by atoms with Gasteiger partial charge in [0, 0.05) is 4.47 Å². The quantitative estimate of drug-likeness (QED) is 0.166. The molecule has 0 unspecified atom stereocenters. The van der Waals surface area contributed by atoms with Crippen molar-refractivity contribution in [2.24, 2.45) is 0 Å². The number of halogens is 9. The third kappa shape index (κ3) is 6.75. The third-order valence-electron chi connectivity index (χ3n) is 4.09. The minimum absolute atomic E-state index is 0.146. The van der Waals surface area contributed by atoms with E-state index in [-0.39, 0.29) is 14.7 Å². The summed E-state index contributed by atoms with van der Waals surface area (Å²) in [5.74, 6) is -6.94. The highest BCUT2D eigenvalue weighted by Gasteiger charge is 2.76. The number of hydrogen-bond donors (Lipinski definition) is 1. The summed E-state index contributed by atoms with van der Waals surface area (Å²) < 4.78 is 121. The van der Waals surface area contributed by atoms with Gasteiger partial charge in [-0.25, -0.2) is 9.59 Å². The number of hydrogen-bond acceptors (Lipinski definition) is 6. The molecule has 0 aliphatic carbocycles. The fourth-order valence-corrected chi connectivity index (χ4v) is 5.87. The lowest BCUT2D eigenvalue weighted by atomic mass is 10.0. The summed E-state index contributed by atoms with van der Waals surface area (Å²) in [6.45, 7) is 0. The molecule has 17 heteroatoms. The standard InChI is InChI=1S/C18H9Br3F6O7S/c19-8-5-11(20)13(12(21)6-8)33-14(28)9-3-1-2-4-10(9)15(29)34-16(17(22,23)24,18(25,26)27)7-35(30,31)32/h1-6H,7H2,(H,30,31,32). The zero-order chi connectivity index (χ0) is 27.0. The van der Waals surface area contributed by atoms with Crippen LogP contribution < -0.4 is 4.74 Å². The Labute approximate surface area is 217 Å². The molecule has 0 aromatic heterocycles. The third-order valence-corrected chi connectivity index (χ3v) is 6.50. The van der Waals surface area contributed by atoms with Crippen LogP contribution in [-0.2, 0) is 14.9 Å². The number of ether oxygens (including phenoxy) is 2. The second-order valence-corrected chi connectivity index (χ2v) is 10.6. The second-order valence-electron chi connectivity index (χ2n) is 6.57. The lowest BCUT2D eigenvalue weighted by molar-refractivity contribution is -0.356. The largest absolute Gasteiger partial charge is 0.438 e. The van der Waals surface area contributed by atoms with Gasteiger partial charge in [-0.1, -0.05) is 28.1 Å². The highest BCUT2D eigenvalue weighted by Crippen LogP contribution is 2.47. The van der Waals surface area contributed by atoms with Gasteiger partial charge in [0.15, 0.2) is 5.75 Å². The van der Waals surface area contributed by atoms with Crippen LogP contribution >= 0.6 is 47.8 Å². The van der Waals surface area contributed by atoms with Crippen molar-refractivity contribution in [1.29, 1.82) is 0 Å². The first-order valence-corrected chi connectivity index (χ1v) is 12.6. The monoisotopic (exact) mass is 720 g/mol. The van der Waals surface area contributed by atoms with E-state index >= 15 is 0 Å². The zero-order valence-electron chi connectivity index (χ0n) is 16.4. The average Bonchev–Trinajstić information content (AvgIpc) is 2.67. The van der Waals surface area contributed by atoms with E-state index in [0.29, 0.717) is 10.5 Å². The van der Waals surface area contributed by atoms with Gasteiger partial charge in [-0.3, -0.25) is 4.55 Å². The van der Waals surface area contributed by atoms with E-state index < -0.39 is 56.9 Å². The molecule has 192 valence electrons. The molecule has 0 amide bonds. The molecule has 0 saturated heterocycles. The number of carbonyl (C=O) groups excluding carboxylic acids is 2. The maximum absolute atomic E-state index is 13.5. The van der Waals surface area contributed by atoms with E-state index in [1.807, 2.05) is 0 Å². The lowest BCUT2D eigenvalue weighted by Gasteiger charge is -2.35. The van der Waals surface area contributed by atoms with Gasteiger partial charge in [0.1, 0.15) is 5.75 Å². The highest BCUT2D eigenvalue weighted by molar-refractivity contribution is 9.11. The lowest BCUT2D eigenvalue weighted by Crippen LogP contribution is -2.63. The first kappa shape index (κ1) is 29.5. The first-order chi connectivity index (χ1) is 15.8. The van der Waals surface area contributed by atoms with Crippen molar-refractivity contribution in [1.82, 2.24) is 0 Å². The second kappa shape index (κ2) is 10.4. The molecule has 7 nitrogen and oxygen atoms in total. The van der Waals surface area contributed by atoms with E-state index in [2.05, 4.69) is 52.5 Å². The maximum Gasteiger partial charge on any atom is 0.438 e. The van der Waals surface area contributed by atoms with Crippen LogP contribution in [0.4, 0.5) is 26.3 Å². The van der Waals surface area contributed by atoms with Gasteiger partial charge >= 0.3 is 29.9 Å². The van der Waals surface area contributed by atoms with Gasteiger partial charge < -0.3 is 9.47 Å². The average molecular weight is 723 g/mol. The Kier molecular flexibility index (Phi) is 8.74. The number of alkyl halides is 6. The minimum Gasteiger partial charge on any atom is -0.435 e. The molecule has 0 saturated carbocycles. The maximum atomic E-state index is 13.5. The van der Waals surface area contributed by atoms with Gasteiger partial charge in [-0.15, -0.1) is 0 Å². The molecule has 0 heterocycles. The molecule has 1 N–H and O–H groups in total. The Hall–Kier alpha value is -1.69. The SMILES string of the molecule is O=C(Oc1c(Br)cc(Br)cc1Br)c1ccccc1C(=O)OC(CS(=O)(=O)O)(C(F)(F)F)C(F)(F)F. The Balaban J connectivity index is 2.54. The first-order valence-electron chi connectivity index (χ1n) is 8.57. The fraction of sp³-hybridized carbons (Fsp3) is 0.222. The number of benzene rings is 2. The van der Waals surface area contributed by atoms with E-state index in [1.165, 1.54) is 12.1 Å². The van der Waals surface area contributed by atoms with E-state index in [0.717, 1.165) is 18.2 Å². The van der Waals surface area contributed by atoms with Gasteiger partial charge in [-0.2, -0.15) is 34.8 Å². The summed E-state index contributed by atoms with van der Waals surface area (Å²) in [5, 5.41) is 0. The van der Waals surface area contributed by atoms with Crippen LogP contribution in [0, 0.1) is 0 Å². The van der Waals surface area contributed by atoms with Crippen LogP contribution in [0.15, 0.2) is 49.8 Å². The van der Waals surface area contributed by atoms with E-state index in [1.54, 1.807) is 0 Å². The summed E-state index contributed by atoms with van der Waals surface area (Å²) in [4.78, 5) is 25.1. The van der Waals surface area contributed by atoms with Gasteiger partial charge in [0.25, 0.3) is 10.1 Å². The molecule has 35 heavy (non-hydrogen) atoms. The summed E-state index contributed by atoms with van der Waals surface area (Å²) in [6, 6.07) is 6.52. The summed E-state index contributed by atoms with van der Waals surface area (Å²) in [7, 11) is -5.98. The number of rotatable bonds is 6. The van der Waals surface area contributed by atoms with Crippen LogP contribution in [0.3, 0.4) is 0 Å². The van der Waals surface area contributed by atoms with Crippen LogP contribution in [0.1, 0.15) is 20.7 Å². The predicted molar refractivity (Wildman–Crippen MR) is 118 cm³/mol. The van der Waals surface area contributed by atoms with Gasteiger partial charge in [0.2, 0.25) is 0 Å². The minimum atomic E-state index is -6.53. The topological polar surface area (TPSA) is 107 Å². The normalized spacial score (nSPS) is 12.9. The molecule has 0 radical (unpaired) electrons. The van der Waals surface area contributed by atoms with Crippen molar-refractivity contribution in [2.75, 3.05) is 5.75 Å².